The molecule has 0 bridgehead atoms. The summed E-state index contributed by atoms with van der Waals surface area (Å²) in [6.07, 6.45) is 1.69. The molecule has 0 radical (unpaired) electrons. The fourth-order valence-electron chi connectivity index (χ4n) is 2.56. The number of benzene rings is 2. The molecule has 0 spiro atoms. The molecule has 2 amide bonds. The highest BCUT2D eigenvalue weighted by atomic mass is 32.2. The maximum atomic E-state index is 13.0. The monoisotopic (exact) mass is 397 g/mol. The zero-order valence-electron chi connectivity index (χ0n) is 15.4. The zero-order valence-corrected chi connectivity index (χ0v) is 16.2. The van der Waals surface area contributed by atoms with Gasteiger partial charge in [0.2, 0.25) is 5.91 Å². The van der Waals surface area contributed by atoms with Crippen LogP contribution >= 0.6 is 11.8 Å². The number of ether oxygens (including phenoxy) is 2. The Bertz CT molecular complexity index is 954. The lowest BCUT2D eigenvalue weighted by Gasteiger charge is -2.18. The zero-order chi connectivity index (χ0) is 20.1. The molecule has 144 valence electrons. The van der Waals surface area contributed by atoms with Gasteiger partial charge in [-0.3, -0.25) is 14.5 Å². The number of anilines is 1. The van der Waals surface area contributed by atoms with Crippen LogP contribution in [-0.2, 0) is 9.59 Å². The molecule has 7 nitrogen and oxygen atoms in total. The lowest BCUT2D eigenvalue weighted by molar-refractivity contribution is -0.115. The Morgan fingerprint density at radius 2 is 1.86 bits per heavy atom. The van der Waals surface area contributed by atoms with Crippen LogP contribution in [0.1, 0.15) is 5.56 Å². The SMILES string of the molecule is COc1ccc(/C=C2\N=C(SCC(N)=O)N(c3cccc(OC)c3)C2=O)cc1. The predicted octanol–water partition coefficient (Wildman–Crippen LogP) is 2.67. The van der Waals surface area contributed by atoms with Crippen LogP contribution in [-0.4, -0.2) is 37.0 Å². The Kier molecular flexibility index (Phi) is 6.00. The molecule has 1 aliphatic heterocycles. The number of hydrogen-bond donors (Lipinski definition) is 1. The largest absolute Gasteiger partial charge is 0.497 e. The van der Waals surface area contributed by atoms with Crippen molar-refractivity contribution in [3.8, 4) is 11.5 Å². The van der Waals surface area contributed by atoms with Crippen molar-refractivity contribution in [2.24, 2.45) is 10.7 Å². The average molecular weight is 397 g/mol. The number of nitrogens with zero attached hydrogens (tertiary/aromatic N) is 2. The van der Waals surface area contributed by atoms with E-state index >= 15 is 0 Å². The minimum atomic E-state index is -0.488. The van der Waals surface area contributed by atoms with Crippen molar-refractivity contribution in [2.45, 2.75) is 0 Å². The number of nitrogens with two attached hydrogens (primary N) is 1. The van der Waals surface area contributed by atoms with Crippen LogP contribution in [0.4, 0.5) is 5.69 Å². The van der Waals surface area contributed by atoms with Crippen molar-refractivity contribution in [3.63, 3.8) is 0 Å². The van der Waals surface area contributed by atoms with Gasteiger partial charge in [-0.15, -0.1) is 0 Å². The van der Waals surface area contributed by atoms with Crippen LogP contribution in [0.3, 0.4) is 0 Å². The Balaban J connectivity index is 1.96. The smallest absolute Gasteiger partial charge is 0.283 e. The highest BCUT2D eigenvalue weighted by Crippen LogP contribution is 2.31. The number of primary amides is 1. The molecule has 0 fully saturated rings. The van der Waals surface area contributed by atoms with Gasteiger partial charge in [-0.25, -0.2) is 4.99 Å². The molecular weight excluding hydrogens is 378 g/mol. The first-order chi connectivity index (χ1) is 13.5. The third kappa shape index (κ3) is 4.34. The molecule has 1 aliphatic rings. The van der Waals surface area contributed by atoms with Gasteiger partial charge in [-0.2, -0.15) is 0 Å². The van der Waals surface area contributed by atoms with E-state index in [0.717, 1.165) is 23.1 Å². The fraction of sp³-hybridized carbons (Fsp3) is 0.150. The van der Waals surface area contributed by atoms with E-state index in [1.165, 1.54) is 4.90 Å². The van der Waals surface area contributed by atoms with Crippen molar-refractivity contribution in [3.05, 3.63) is 59.8 Å². The molecular formula is C20H19N3O4S. The van der Waals surface area contributed by atoms with Crippen LogP contribution in [0.25, 0.3) is 6.08 Å². The Morgan fingerprint density at radius 3 is 2.50 bits per heavy atom. The number of methoxy groups -OCH3 is 2. The molecule has 1 heterocycles. The molecule has 2 aromatic rings. The lowest BCUT2D eigenvalue weighted by atomic mass is 10.2. The van der Waals surface area contributed by atoms with Gasteiger partial charge in [0.15, 0.2) is 5.17 Å². The molecule has 2 aromatic carbocycles. The summed E-state index contributed by atoms with van der Waals surface area (Å²) in [6, 6.07) is 14.3. The maximum absolute atomic E-state index is 13.0. The predicted molar refractivity (Wildman–Crippen MR) is 111 cm³/mol. The molecule has 3 rings (SSSR count). The quantitative estimate of drug-likeness (QED) is 0.757. The summed E-state index contributed by atoms with van der Waals surface area (Å²) >= 11 is 1.11. The molecule has 0 unspecified atom stereocenters. The number of amides is 2. The Morgan fingerprint density at radius 1 is 1.14 bits per heavy atom. The second-order valence-electron chi connectivity index (χ2n) is 5.79. The van der Waals surface area contributed by atoms with Crippen molar-refractivity contribution >= 4 is 40.5 Å². The molecule has 0 aromatic heterocycles. The summed E-state index contributed by atoms with van der Waals surface area (Å²) in [5.74, 6) is 0.563. The lowest BCUT2D eigenvalue weighted by Crippen LogP contribution is -2.31. The summed E-state index contributed by atoms with van der Waals surface area (Å²) in [4.78, 5) is 30.1. The summed E-state index contributed by atoms with van der Waals surface area (Å²) in [7, 11) is 3.14. The minimum absolute atomic E-state index is 0.0163. The van der Waals surface area contributed by atoms with E-state index in [0.29, 0.717) is 16.6 Å². The molecule has 8 heteroatoms. The Hall–Kier alpha value is -3.26. The summed E-state index contributed by atoms with van der Waals surface area (Å²) in [5.41, 5.74) is 6.92. The normalized spacial score (nSPS) is 14.9. The number of hydrogen-bond acceptors (Lipinski definition) is 6. The van der Waals surface area contributed by atoms with E-state index in [-0.39, 0.29) is 17.4 Å². The average Bonchev–Trinajstić information content (AvgIpc) is 3.02. The highest BCUT2D eigenvalue weighted by molar-refractivity contribution is 8.14. The van der Waals surface area contributed by atoms with Crippen LogP contribution in [0.5, 0.6) is 11.5 Å². The number of aliphatic imine (C=N–C) groups is 1. The van der Waals surface area contributed by atoms with Gasteiger partial charge in [-0.05, 0) is 35.9 Å². The van der Waals surface area contributed by atoms with Crippen LogP contribution < -0.4 is 20.1 Å². The van der Waals surface area contributed by atoms with Crippen molar-refractivity contribution in [1.82, 2.24) is 0 Å². The van der Waals surface area contributed by atoms with Gasteiger partial charge < -0.3 is 15.2 Å². The molecule has 0 saturated carbocycles. The first kappa shape index (κ1) is 19.5. The van der Waals surface area contributed by atoms with E-state index in [4.69, 9.17) is 15.2 Å². The van der Waals surface area contributed by atoms with Gasteiger partial charge in [0.25, 0.3) is 5.91 Å². The van der Waals surface area contributed by atoms with Crippen molar-refractivity contribution in [1.29, 1.82) is 0 Å². The maximum Gasteiger partial charge on any atom is 0.283 e. The summed E-state index contributed by atoms with van der Waals surface area (Å²) < 4.78 is 10.4. The Labute approximate surface area is 166 Å². The van der Waals surface area contributed by atoms with E-state index in [1.807, 2.05) is 12.1 Å². The summed E-state index contributed by atoms with van der Waals surface area (Å²) in [6.45, 7) is 0. The van der Waals surface area contributed by atoms with Crippen molar-refractivity contribution < 1.29 is 19.1 Å². The van der Waals surface area contributed by atoms with Gasteiger partial charge in [0.1, 0.15) is 17.2 Å². The molecule has 0 atom stereocenters. The molecule has 0 aliphatic carbocycles. The van der Waals surface area contributed by atoms with Crippen molar-refractivity contribution in [2.75, 3.05) is 24.9 Å². The number of rotatable bonds is 6. The third-order valence-corrected chi connectivity index (χ3v) is 4.86. The third-order valence-electron chi connectivity index (χ3n) is 3.90. The fourth-order valence-corrected chi connectivity index (χ4v) is 3.32. The molecule has 2 N–H and O–H groups in total. The number of carbonyl (C=O) groups excluding carboxylic acids is 2. The van der Waals surface area contributed by atoms with E-state index in [1.54, 1.807) is 56.7 Å². The highest BCUT2D eigenvalue weighted by Gasteiger charge is 2.32. The van der Waals surface area contributed by atoms with Gasteiger partial charge in [0, 0.05) is 6.07 Å². The first-order valence-electron chi connectivity index (χ1n) is 8.36. The van der Waals surface area contributed by atoms with E-state index in [9.17, 15) is 9.59 Å². The van der Waals surface area contributed by atoms with Crippen LogP contribution in [0, 0.1) is 0 Å². The van der Waals surface area contributed by atoms with E-state index < -0.39 is 5.91 Å². The second-order valence-corrected chi connectivity index (χ2v) is 6.74. The number of amidine groups is 1. The number of thioether (sulfide) groups is 1. The van der Waals surface area contributed by atoms with E-state index in [2.05, 4.69) is 4.99 Å². The van der Waals surface area contributed by atoms with Gasteiger partial charge in [0.05, 0.1) is 25.7 Å². The summed E-state index contributed by atoms with van der Waals surface area (Å²) in [5, 5.41) is 0.386. The van der Waals surface area contributed by atoms with Crippen LogP contribution in [0.2, 0.25) is 0 Å². The standard InChI is InChI=1S/C20H19N3O4S/c1-26-15-8-6-13(7-9-15)10-17-19(25)23(20(22-17)28-12-18(21)24)14-4-3-5-16(11-14)27-2/h3-11H,12H2,1-2H3,(H2,21,24)/b17-10-. The minimum Gasteiger partial charge on any atom is -0.497 e. The number of carbonyl (C=O) groups is 2. The molecule has 28 heavy (non-hydrogen) atoms. The topological polar surface area (TPSA) is 94.2 Å². The van der Waals surface area contributed by atoms with Crippen LogP contribution in [0.15, 0.2) is 59.2 Å². The van der Waals surface area contributed by atoms with Gasteiger partial charge in [-0.1, -0.05) is 30.0 Å². The first-order valence-corrected chi connectivity index (χ1v) is 9.34. The second kappa shape index (κ2) is 8.62. The van der Waals surface area contributed by atoms with Gasteiger partial charge >= 0.3 is 0 Å². The molecule has 0 saturated heterocycles.